The fourth-order valence-corrected chi connectivity index (χ4v) is 2.46. The summed E-state index contributed by atoms with van der Waals surface area (Å²) in [7, 11) is 0. The molecule has 2 rings (SSSR count). The number of pyridine rings is 1. The van der Waals surface area contributed by atoms with Crippen LogP contribution in [0.25, 0.3) is 0 Å². The molecule has 0 radical (unpaired) electrons. The number of carbonyl (C=O) groups is 1. The second-order valence-electron chi connectivity index (χ2n) is 5.18. The van der Waals surface area contributed by atoms with Gasteiger partial charge in [-0.05, 0) is 37.3 Å². The smallest absolute Gasteiger partial charge is 0.225 e. The highest BCUT2D eigenvalue weighted by Crippen LogP contribution is 2.25. The van der Waals surface area contributed by atoms with E-state index < -0.39 is 0 Å². The molecule has 1 aliphatic carbocycles. The van der Waals surface area contributed by atoms with Crippen LogP contribution in [0.4, 0.5) is 5.82 Å². The summed E-state index contributed by atoms with van der Waals surface area (Å²) in [5.41, 5.74) is 7.13. The van der Waals surface area contributed by atoms with Gasteiger partial charge >= 0.3 is 0 Å². The van der Waals surface area contributed by atoms with Gasteiger partial charge in [-0.3, -0.25) is 4.79 Å². The topological polar surface area (TPSA) is 68.0 Å². The Bertz CT molecular complexity index is 411. The summed E-state index contributed by atoms with van der Waals surface area (Å²) in [6.07, 6.45) is 6.75. The first kappa shape index (κ1) is 19.2. The second-order valence-corrected chi connectivity index (χ2v) is 5.18. The minimum atomic E-state index is 0. The monoisotopic (exact) mass is 319 g/mol. The van der Waals surface area contributed by atoms with Crippen LogP contribution in [0.3, 0.4) is 0 Å². The number of anilines is 1. The summed E-state index contributed by atoms with van der Waals surface area (Å²) < 4.78 is 0. The van der Waals surface area contributed by atoms with Crippen molar-refractivity contribution in [3.05, 3.63) is 23.9 Å². The lowest BCUT2D eigenvalue weighted by molar-refractivity contribution is -0.117. The molecule has 0 aliphatic heterocycles. The zero-order valence-electron chi connectivity index (χ0n) is 11.7. The van der Waals surface area contributed by atoms with E-state index in [1.165, 1.54) is 12.8 Å². The summed E-state index contributed by atoms with van der Waals surface area (Å²) in [5, 5.41) is 2.83. The van der Waals surface area contributed by atoms with Gasteiger partial charge < -0.3 is 11.1 Å². The molecule has 114 valence electrons. The van der Waals surface area contributed by atoms with Crippen LogP contribution < -0.4 is 11.1 Å². The van der Waals surface area contributed by atoms with E-state index >= 15 is 0 Å². The number of nitrogens with one attached hydrogen (secondary N) is 1. The first-order chi connectivity index (χ1) is 8.65. The summed E-state index contributed by atoms with van der Waals surface area (Å²) >= 11 is 0. The Morgan fingerprint density at radius 2 is 2.05 bits per heavy atom. The van der Waals surface area contributed by atoms with Crippen LogP contribution in [0, 0.1) is 12.8 Å². The van der Waals surface area contributed by atoms with Crippen LogP contribution in [0.5, 0.6) is 0 Å². The summed E-state index contributed by atoms with van der Waals surface area (Å²) in [6.45, 7) is 1.97. The molecular weight excluding hydrogens is 297 g/mol. The van der Waals surface area contributed by atoms with Gasteiger partial charge in [-0.15, -0.1) is 24.8 Å². The van der Waals surface area contributed by atoms with Crippen molar-refractivity contribution in [2.75, 3.05) is 5.32 Å². The Morgan fingerprint density at radius 3 is 2.65 bits per heavy atom. The number of hydrogen-bond acceptors (Lipinski definition) is 3. The maximum Gasteiger partial charge on any atom is 0.225 e. The zero-order valence-corrected chi connectivity index (χ0v) is 13.3. The van der Waals surface area contributed by atoms with Crippen molar-refractivity contribution in [1.29, 1.82) is 0 Å². The maximum absolute atomic E-state index is 11.9. The fraction of sp³-hybridized carbons (Fsp3) is 0.571. The quantitative estimate of drug-likeness (QED) is 0.899. The highest BCUT2D eigenvalue weighted by atomic mass is 35.5. The predicted octanol–water partition coefficient (Wildman–Crippen LogP) is 3.08. The second kappa shape index (κ2) is 9.16. The van der Waals surface area contributed by atoms with Crippen LogP contribution in [-0.2, 0) is 4.79 Å². The molecule has 1 heterocycles. The largest absolute Gasteiger partial charge is 0.327 e. The zero-order chi connectivity index (χ0) is 13.0. The first-order valence-corrected chi connectivity index (χ1v) is 6.63. The molecule has 1 saturated carbocycles. The van der Waals surface area contributed by atoms with Gasteiger partial charge in [0.2, 0.25) is 5.91 Å². The van der Waals surface area contributed by atoms with Crippen molar-refractivity contribution >= 4 is 36.5 Å². The Balaban J connectivity index is 0.00000180. The molecule has 2 atom stereocenters. The number of carbonyl (C=O) groups excluding carboxylic acids is 1. The predicted molar refractivity (Wildman–Crippen MR) is 86.7 cm³/mol. The van der Waals surface area contributed by atoms with Crippen molar-refractivity contribution in [3.63, 3.8) is 0 Å². The van der Waals surface area contributed by atoms with Crippen molar-refractivity contribution in [3.8, 4) is 0 Å². The molecule has 1 aliphatic rings. The Labute approximate surface area is 132 Å². The minimum Gasteiger partial charge on any atom is -0.327 e. The molecule has 20 heavy (non-hydrogen) atoms. The molecule has 0 bridgehead atoms. The number of hydrogen-bond donors (Lipinski definition) is 2. The van der Waals surface area contributed by atoms with E-state index in [1.807, 2.05) is 19.1 Å². The van der Waals surface area contributed by atoms with E-state index in [-0.39, 0.29) is 36.8 Å². The molecule has 2 unspecified atom stereocenters. The summed E-state index contributed by atoms with van der Waals surface area (Å²) in [4.78, 5) is 16.1. The number of nitrogens with zero attached hydrogens (tertiary/aromatic N) is 1. The van der Waals surface area contributed by atoms with Gasteiger partial charge in [0, 0.05) is 18.7 Å². The third-order valence-corrected chi connectivity index (χ3v) is 3.59. The van der Waals surface area contributed by atoms with E-state index in [2.05, 4.69) is 10.3 Å². The minimum absolute atomic E-state index is 0. The van der Waals surface area contributed by atoms with E-state index in [0.717, 1.165) is 18.4 Å². The third kappa shape index (κ3) is 5.65. The van der Waals surface area contributed by atoms with Crippen LogP contribution in [0.2, 0.25) is 0 Å². The van der Waals surface area contributed by atoms with Gasteiger partial charge in [-0.25, -0.2) is 4.98 Å². The Morgan fingerprint density at radius 1 is 1.35 bits per heavy atom. The van der Waals surface area contributed by atoms with Crippen molar-refractivity contribution in [2.45, 2.75) is 45.1 Å². The van der Waals surface area contributed by atoms with Gasteiger partial charge in [0.05, 0.1) is 0 Å². The van der Waals surface area contributed by atoms with E-state index in [4.69, 9.17) is 5.73 Å². The lowest BCUT2D eigenvalue weighted by Crippen LogP contribution is -2.35. The van der Waals surface area contributed by atoms with Gasteiger partial charge in [-0.2, -0.15) is 0 Å². The van der Waals surface area contributed by atoms with Crippen molar-refractivity contribution < 1.29 is 4.79 Å². The molecule has 0 aromatic carbocycles. The van der Waals surface area contributed by atoms with Gasteiger partial charge in [0.25, 0.3) is 0 Å². The fourth-order valence-electron chi connectivity index (χ4n) is 2.46. The average molecular weight is 320 g/mol. The van der Waals surface area contributed by atoms with Crippen molar-refractivity contribution in [2.24, 2.45) is 11.7 Å². The van der Waals surface area contributed by atoms with E-state index in [0.29, 0.717) is 18.2 Å². The standard InChI is InChI=1S/C14H21N3O.2ClH/c1-10-6-7-13(16-9-10)17-14(18)8-11-4-2-3-5-12(11)15;;/h6-7,9,11-12H,2-5,8,15H2,1H3,(H,16,17,18);2*1H. The Kier molecular flexibility index (Phi) is 8.78. The van der Waals surface area contributed by atoms with Crippen LogP contribution in [-0.4, -0.2) is 16.9 Å². The normalized spacial score (nSPS) is 21.3. The molecular formula is C14H23Cl2N3O. The number of halogens is 2. The summed E-state index contributed by atoms with van der Waals surface area (Å²) in [5.74, 6) is 0.966. The molecule has 3 N–H and O–H groups in total. The number of nitrogens with two attached hydrogens (primary N) is 1. The number of aryl methyl sites for hydroxylation is 1. The van der Waals surface area contributed by atoms with E-state index in [1.54, 1.807) is 6.20 Å². The number of rotatable bonds is 3. The SMILES string of the molecule is Cc1ccc(NC(=O)CC2CCCCC2N)nc1.Cl.Cl. The van der Waals surface area contributed by atoms with Gasteiger partial charge in [0.15, 0.2) is 0 Å². The van der Waals surface area contributed by atoms with Crippen LogP contribution in [0.1, 0.15) is 37.7 Å². The molecule has 0 saturated heterocycles. The molecule has 4 nitrogen and oxygen atoms in total. The molecule has 1 aromatic heterocycles. The number of aromatic nitrogens is 1. The first-order valence-electron chi connectivity index (χ1n) is 6.63. The number of amides is 1. The van der Waals surface area contributed by atoms with Gasteiger partial charge in [0.1, 0.15) is 5.82 Å². The molecule has 1 amide bonds. The van der Waals surface area contributed by atoms with Gasteiger partial charge in [-0.1, -0.05) is 18.9 Å². The molecule has 1 aromatic rings. The molecule has 0 spiro atoms. The van der Waals surface area contributed by atoms with Crippen LogP contribution in [0.15, 0.2) is 18.3 Å². The highest BCUT2D eigenvalue weighted by Gasteiger charge is 2.24. The molecule has 6 heteroatoms. The lowest BCUT2D eigenvalue weighted by atomic mass is 9.83. The highest BCUT2D eigenvalue weighted by molar-refractivity contribution is 5.89. The molecule has 1 fully saturated rings. The summed E-state index contributed by atoms with van der Waals surface area (Å²) in [6, 6.07) is 3.94. The van der Waals surface area contributed by atoms with E-state index in [9.17, 15) is 4.79 Å². The lowest BCUT2D eigenvalue weighted by Gasteiger charge is -2.27. The van der Waals surface area contributed by atoms with Crippen LogP contribution >= 0.6 is 24.8 Å². The Hall–Kier alpha value is -0.840. The average Bonchev–Trinajstić information content (AvgIpc) is 2.35. The maximum atomic E-state index is 11.9. The third-order valence-electron chi connectivity index (χ3n) is 3.59. The van der Waals surface area contributed by atoms with Crippen molar-refractivity contribution in [1.82, 2.24) is 4.98 Å².